The van der Waals surface area contributed by atoms with Gasteiger partial charge < -0.3 is 9.47 Å². The Balaban J connectivity index is 1.74. The lowest BCUT2D eigenvalue weighted by Gasteiger charge is -2.33. The van der Waals surface area contributed by atoms with E-state index in [1.165, 1.54) is 6.07 Å². The molecule has 0 bridgehead atoms. The number of ether oxygens (including phenoxy) is 2. The standard InChI is InChI=1S/C33H41F9NO6P/c1-21-43-30(19-46-21,20-47-50(44,48-28(2,3)4)49-29(5,6)7)13-12-22-10-11-27(26(17-22)33(40,41)42)45-14-8-9-23-15-24(31(34,35)36)18-25(16-23)32(37,38)39/h10-11,15-18H,8-9,12-14,19-20H2,1-7H3. The van der Waals surface area contributed by atoms with Crippen LogP contribution in [0.1, 0.15) is 89.1 Å². The lowest BCUT2D eigenvalue weighted by molar-refractivity contribution is -0.143. The van der Waals surface area contributed by atoms with Gasteiger partial charge in [0.25, 0.3) is 0 Å². The fraction of sp³-hybridized carbons (Fsp3) is 0.606. The Bertz CT molecular complexity index is 1510. The second-order valence-corrected chi connectivity index (χ2v) is 15.5. The molecule has 0 radical (unpaired) electrons. The maximum Gasteiger partial charge on any atom is 0.475 e. The number of nitrogens with zero attached hydrogens (tertiary/aromatic N) is 1. The van der Waals surface area contributed by atoms with E-state index in [2.05, 4.69) is 4.99 Å². The number of hydrogen-bond donors (Lipinski definition) is 0. The molecule has 1 aliphatic rings. The lowest BCUT2D eigenvalue weighted by Crippen LogP contribution is -2.36. The van der Waals surface area contributed by atoms with Crippen molar-refractivity contribution in [2.24, 2.45) is 4.99 Å². The van der Waals surface area contributed by atoms with Crippen molar-refractivity contribution < 1.29 is 67.1 Å². The SMILES string of the molecule is CC1=NC(CCc2ccc(OCCCc3cc(C(F)(F)F)cc(C(F)(F)F)c3)c(C(F)(F)F)c2)(COP(=O)(OC(C)(C)C)OC(C)(C)C)CO1. The number of phosphoric acid groups is 1. The molecule has 1 atom stereocenters. The molecular formula is C33H41F9NO6P. The van der Waals surface area contributed by atoms with Crippen LogP contribution >= 0.6 is 7.82 Å². The third-order valence-electron chi connectivity index (χ3n) is 6.95. The van der Waals surface area contributed by atoms with Crippen molar-refractivity contribution in [3.8, 4) is 5.75 Å². The molecule has 1 aliphatic heterocycles. The Kier molecular flexibility index (Phi) is 12.5. The quantitative estimate of drug-likeness (QED) is 0.115. The van der Waals surface area contributed by atoms with Crippen LogP contribution in [0.4, 0.5) is 39.5 Å². The van der Waals surface area contributed by atoms with E-state index in [1.54, 1.807) is 48.5 Å². The minimum Gasteiger partial charge on any atom is -0.493 e. The van der Waals surface area contributed by atoms with E-state index in [0.29, 0.717) is 18.0 Å². The molecule has 17 heteroatoms. The predicted octanol–water partition coefficient (Wildman–Crippen LogP) is 10.6. The molecule has 0 saturated heterocycles. The maximum absolute atomic E-state index is 14.1. The minimum absolute atomic E-state index is 0.000675. The highest BCUT2D eigenvalue weighted by Gasteiger charge is 2.43. The van der Waals surface area contributed by atoms with Gasteiger partial charge in [-0.25, -0.2) is 9.56 Å². The van der Waals surface area contributed by atoms with Crippen molar-refractivity contribution >= 4 is 13.7 Å². The third kappa shape index (κ3) is 12.8. The number of hydrogen-bond acceptors (Lipinski definition) is 7. The second kappa shape index (κ2) is 15.0. The third-order valence-corrected chi connectivity index (χ3v) is 8.94. The fourth-order valence-corrected chi connectivity index (χ4v) is 6.81. The van der Waals surface area contributed by atoms with Gasteiger partial charge >= 0.3 is 26.4 Å². The minimum atomic E-state index is -5.03. The number of alkyl halides is 9. The lowest BCUT2D eigenvalue weighted by atomic mass is 9.93. The van der Waals surface area contributed by atoms with E-state index in [0.717, 1.165) is 12.1 Å². The Morgan fingerprint density at radius 1 is 0.780 bits per heavy atom. The molecule has 1 heterocycles. The maximum atomic E-state index is 14.1. The van der Waals surface area contributed by atoms with Gasteiger partial charge in [0.05, 0.1) is 41.1 Å². The summed E-state index contributed by atoms with van der Waals surface area (Å²) in [6, 6.07) is 4.51. The van der Waals surface area contributed by atoms with Gasteiger partial charge in [-0.05, 0) is 109 Å². The number of phosphoric ester groups is 1. The average Bonchev–Trinajstić information content (AvgIpc) is 3.30. The zero-order valence-electron chi connectivity index (χ0n) is 28.7. The monoisotopic (exact) mass is 749 g/mol. The summed E-state index contributed by atoms with van der Waals surface area (Å²) >= 11 is 0. The van der Waals surface area contributed by atoms with Gasteiger partial charge in [0.2, 0.25) is 0 Å². The van der Waals surface area contributed by atoms with Crippen LogP contribution in [0.5, 0.6) is 5.75 Å². The molecular weight excluding hydrogens is 708 g/mol. The van der Waals surface area contributed by atoms with Crippen molar-refractivity contribution in [1.82, 2.24) is 0 Å². The van der Waals surface area contributed by atoms with E-state index < -0.39 is 72.1 Å². The number of benzene rings is 2. The molecule has 0 amide bonds. The predicted molar refractivity (Wildman–Crippen MR) is 167 cm³/mol. The topological polar surface area (TPSA) is 75.6 Å². The summed E-state index contributed by atoms with van der Waals surface area (Å²) in [6.45, 7) is 10.9. The van der Waals surface area contributed by atoms with Crippen LogP contribution in [0.2, 0.25) is 0 Å². The smallest absolute Gasteiger partial charge is 0.475 e. The van der Waals surface area contributed by atoms with Crippen molar-refractivity contribution in [2.75, 3.05) is 19.8 Å². The summed E-state index contributed by atoms with van der Waals surface area (Å²) in [5.41, 5.74) is -7.09. The highest BCUT2D eigenvalue weighted by Crippen LogP contribution is 2.56. The van der Waals surface area contributed by atoms with Gasteiger partial charge in [0.1, 0.15) is 17.9 Å². The first-order valence-corrected chi connectivity index (χ1v) is 17.0. The molecule has 2 aromatic rings. The molecule has 0 N–H and O–H groups in total. The summed E-state index contributed by atoms with van der Waals surface area (Å²) < 4.78 is 163. The van der Waals surface area contributed by atoms with Crippen molar-refractivity contribution in [3.05, 3.63) is 64.2 Å². The van der Waals surface area contributed by atoms with Gasteiger partial charge in [-0.15, -0.1) is 0 Å². The molecule has 3 rings (SSSR count). The first-order chi connectivity index (χ1) is 22.6. The van der Waals surface area contributed by atoms with Crippen molar-refractivity contribution in [3.63, 3.8) is 0 Å². The van der Waals surface area contributed by atoms with Gasteiger partial charge in [-0.3, -0.25) is 13.6 Å². The van der Waals surface area contributed by atoms with Gasteiger partial charge in [0, 0.05) is 6.92 Å². The van der Waals surface area contributed by atoms with E-state index in [9.17, 15) is 44.1 Å². The molecule has 0 aromatic heterocycles. The summed E-state index contributed by atoms with van der Waals surface area (Å²) in [5.74, 6) is -0.256. The van der Waals surface area contributed by atoms with Crippen molar-refractivity contribution in [2.45, 2.75) is 109 Å². The van der Waals surface area contributed by atoms with Crippen LogP contribution in [0.15, 0.2) is 41.4 Å². The van der Waals surface area contributed by atoms with E-state index >= 15 is 0 Å². The average molecular weight is 750 g/mol. The molecule has 0 aliphatic carbocycles. The summed E-state index contributed by atoms with van der Waals surface area (Å²) in [6.07, 6.45) is -15.2. The molecule has 1 unspecified atom stereocenters. The second-order valence-electron chi connectivity index (χ2n) is 14.0. The van der Waals surface area contributed by atoms with Crippen LogP contribution in [0.3, 0.4) is 0 Å². The molecule has 50 heavy (non-hydrogen) atoms. The highest BCUT2D eigenvalue weighted by atomic mass is 31.2. The van der Waals surface area contributed by atoms with E-state index in [4.69, 9.17) is 23.0 Å². The molecule has 282 valence electrons. The van der Waals surface area contributed by atoms with Gasteiger partial charge in [0.15, 0.2) is 5.90 Å². The Labute approximate surface area is 285 Å². The van der Waals surface area contributed by atoms with E-state index in [-0.39, 0.29) is 56.1 Å². The molecule has 2 aromatic carbocycles. The zero-order chi connectivity index (χ0) is 38.0. The molecule has 0 spiro atoms. The Morgan fingerprint density at radius 2 is 1.34 bits per heavy atom. The van der Waals surface area contributed by atoms with Gasteiger partial charge in [-0.1, -0.05) is 6.07 Å². The summed E-state index contributed by atoms with van der Waals surface area (Å²) in [7, 11) is -4.15. The Hall–Kier alpha value is -2.81. The summed E-state index contributed by atoms with van der Waals surface area (Å²) in [5, 5.41) is 0. The number of rotatable bonds is 13. The van der Waals surface area contributed by atoms with E-state index in [1.807, 2.05) is 0 Å². The molecule has 0 saturated carbocycles. The van der Waals surface area contributed by atoms with Crippen LogP contribution in [-0.2, 0) is 54.2 Å². The molecule has 7 nitrogen and oxygen atoms in total. The molecule has 0 fully saturated rings. The van der Waals surface area contributed by atoms with Crippen LogP contribution in [-0.4, -0.2) is 42.5 Å². The Morgan fingerprint density at radius 3 is 1.80 bits per heavy atom. The first kappa shape index (κ1) is 41.6. The van der Waals surface area contributed by atoms with Crippen LogP contribution in [0.25, 0.3) is 0 Å². The van der Waals surface area contributed by atoms with Crippen LogP contribution < -0.4 is 4.74 Å². The first-order valence-electron chi connectivity index (χ1n) is 15.5. The number of aryl methyl sites for hydroxylation is 2. The van der Waals surface area contributed by atoms with Crippen molar-refractivity contribution in [1.29, 1.82) is 0 Å². The largest absolute Gasteiger partial charge is 0.493 e. The van der Waals surface area contributed by atoms with Gasteiger partial charge in [-0.2, -0.15) is 39.5 Å². The normalized spacial score (nSPS) is 17.9. The number of halogens is 9. The van der Waals surface area contributed by atoms with Crippen LogP contribution in [0, 0.1) is 0 Å². The fourth-order valence-electron chi connectivity index (χ4n) is 4.93. The summed E-state index contributed by atoms with van der Waals surface area (Å²) in [4.78, 5) is 4.50. The highest BCUT2D eigenvalue weighted by molar-refractivity contribution is 7.48. The zero-order valence-corrected chi connectivity index (χ0v) is 29.6. The number of aliphatic imine (C=N–C) groups is 1.